The smallest absolute Gasteiger partial charge is 0.416 e. The zero-order valence-electron chi connectivity index (χ0n) is 17.3. The minimum atomic E-state index is -1.81. The second-order valence-electron chi connectivity index (χ2n) is 5.05. The molecule has 0 saturated carbocycles. The van der Waals surface area contributed by atoms with Gasteiger partial charge in [0, 0.05) is 11.8 Å². The molecule has 122 valence electrons. The number of amides is 2. The van der Waals surface area contributed by atoms with Crippen molar-refractivity contribution in [2.24, 2.45) is 11.0 Å². The topological polar surface area (TPSA) is 95.4 Å². The summed E-state index contributed by atoms with van der Waals surface area (Å²) in [5.74, 6) is -2.54. The van der Waals surface area contributed by atoms with Gasteiger partial charge in [0.25, 0.3) is 0 Å². The average Bonchev–Trinajstić information content (AvgIpc) is 3.01. The van der Waals surface area contributed by atoms with Gasteiger partial charge in [0.1, 0.15) is 12.6 Å². The molecule has 1 heterocycles. The molecule has 1 aromatic carbocycles. The van der Waals surface area contributed by atoms with Crippen LogP contribution in [-0.2, 0) is 16.0 Å². The third kappa shape index (κ3) is 3.81. The van der Waals surface area contributed by atoms with E-state index in [1.165, 1.54) is 0 Å². The number of carbonyl (C=O) groups excluding carboxylic acids is 2. The largest absolute Gasteiger partial charge is 0.447 e. The molecule has 0 spiro atoms. The Labute approximate surface area is 141 Å². The molecule has 0 bridgehead atoms. The molecule has 4 atom stereocenters. The summed E-state index contributed by atoms with van der Waals surface area (Å²) in [7, 11) is 0. The molecule has 1 aliphatic rings. The second kappa shape index (κ2) is 7.65. The van der Waals surface area contributed by atoms with Crippen LogP contribution >= 0.6 is 0 Å². The third-order valence-electron chi connectivity index (χ3n) is 3.53. The molecule has 0 unspecified atom stereocenters. The number of cyclic esters (lactones) is 1. The highest BCUT2D eigenvalue weighted by molar-refractivity contribution is 5.96. The Kier molecular flexibility index (Phi) is 3.68. The van der Waals surface area contributed by atoms with Gasteiger partial charge in [-0.2, -0.15) is 0 Å². The number of azide groups is 1. The predicted molar refractivity (Wildman–Crippen MR) is 84.5 cm³/mol. The van der Waals surface area contributed by atoms with E-state index >= 15 is 0 Å². The van der Waals surface area contributed by atoms with Crippen LogP contribution in [0.4, 0.5) is 4.79 Å². The molecular weight excluding hydrogens is 296 g/mol. The van der Waals surface area contributed by atoms with Gasteiger partial charge in [0.05, 0.1) is 6.04 Å². The summed E-state index contributed by atoms with van der Waals surface area (Å²) in [6.45, 7) is -3.65. The Hall–Kier alpha value is -2.53. The van der Waals surface area contributed by atoms with Crippen molar-refractivity contribution in [1.29, 1.82) is 0 Å². The van der Waals surface area contributed by atoms with E-state index < -0.39 is 50.2 Å². The van der Waals surface area contributed by atoms with E-state index in [9.17, 15) is 9.59 Å². The molecule has 7 nitrogen and oxygen atoms in total. The summed E-state index contributed by atoms with van der Waals surface area (Å²) in [6, 6.07) is 6.63. The minimum absolute atomic E-state index is 0.0673. The fourth-order valence-corrected chi connectivity index (χ4v) is 2.36. The number of hydrogen-bond donors (Lipinski definition) is 0. The maximum Gasteiger partial charge on any atom is 0.416 e. The first-order chi connectivity index (χ1) is 13.3. The highest BCUT2D eigenvalue weighted by Crippen LogP contribution is 2.22. The van der Waals surface area contributed by atoms with Crippen molar-refractivity contribution in [2.45, 2.75) is 38.7 Å². The van der Waals surface area contributed by atoms with Crippen molar-refractivity contribution in [2.75, 3.05) is 6.61 Å². The van der Waals surface area contributed by atoms with Gasteiger partial charge in [0.15, 0.2) is 0 Å². The lowest BCUT2D eigenvalue weighted by atomic mass is 9.97. The van der Waals surface area contributed by atoms with Crippen LogP contribution in [0.1, 0.15) is 32.6 Å². The molecule has 0 aliphatic carbocycles. The van der Waals surface area contributed by atoms with Crippen molar-refractivity contribution in [1.82, 2.24) is 4.90 Å². The van der Waals surface area contributed by atoms with Crippen LogP contribution in [0.15, 0.2) is 35.4 Å². The quantitative estimate of drug-likeness (QED) is 0.457. The first-order valence-electron chi connectivity index (χ1n) is 9.85. The lowest BCUT2D eigenvalue weighted by Gasteiger charge is -2.25. The first kappa shape index (κ1) is 11.1. The Morgan fingerprint density at radius 3 is 3.04 bits per heavy atom. The Balaban J connectivity index is 2.33. The molecule has 2 rings (SSSR count). The van der Waals surface area contributed by atoms with Crippen molar-refractivity contribution in [3.05, 3.63) is 46.3 Å². The number of carbonyl (C=O) groups is 2. The summed E-state index contributed by atoms with van der Waals surface area (Å²) < 4.78 is 42.8. The summed E-state index contributed by atoms with van der Waals surface area (Å²) >= 11 is 0. The number of benzene rings is 1. The minimum Gasteiger partial charge on any atom is -0.447 e. The molecule has 23 heavy (non-hydrogen) atoms. The number of imide groups is 1. The maximum absolute atomic E-state index is 13.0. The van der Waals surface area contributed by atoms with Gasteiger partial charge >= 0.3 is 6.09 Å². The van der Waals surface area contributed by atoms with Crippen molar-refractivity contribution >= 4 is 12.0 Å². The van der Waals surface area contributed by atoms with E-state index in [1.807, 2.05) is 18.2 Å². The van der Waals surface area contributed by atoms with Crippen molar-refractivity contribution in [3.8, 4) is 0 Å². The summed E-state index contributed by atoms with van der Waals surface area (Å²) in [5, 5.41) is 3.32. The van der Waals surface area contributed by atoms with Gasteiger partial charge < -0.3 is 4.74 Å². The van der Waals surface area contributed by atoms with Gasteiger partial charge in [0.2, 0.25) is 5.91 Å². The number of ether oxygens (including phenoxy) is 1. The molecule has 1 aromatic rings. The summed E-state index contributed by atoms with van der Waals surface area (Å²) in [6.07, 6.45) is -2.30. The summed E-state index contributed by atoms with van der Waals surface area (Å²) in [5.41, 5.74) is 9.68. The van der Waals surface area contributed by atoms with E-state index in [-0.39, 0.29) is 6.61 Å². The molecule has 0 aromatic heterocycles. The van der Waals surface area contributed by atoms with Crippen LogP contribution in [0.25, 0.3) is 10.4 Å². The predicted octanol–water partition coefficient (Wildman–Crippen LogP) is 3.30. The lowest BCUT2D eigenvalue weighted by Crippen LogP contribution is -2.46. The summed E-state index contributed by atoms with van der Waals surface area (Å²) in [4.78, 5) is 28.5. The second-order valence-corrected chi connectivity index (χ2v) is 5.05. The van der Waals surface area contributed by atoms with Gasteiger partial charge in [-0.15, -0.1) is 0 Å². The van der Waals surface area contributed by atoms with Crippen LogP contribution in [0.3, 0.4) is 0 Å². The molecule has 1 fully saturated rings. The molecular formula is C16H20N4O3. The highest BCUT2D eigenvalue weighted by atomic mass is 16.6. The van der Waals surface area contributed by atoms with E-state index in [1.54, 1.807) is 12.1 Å². The third-order valence-corrected chi connectivity index (χ3v) is 3.53. The van der Waals surface area contributed by atoms with E-state index in [0.29, 0.717) is 6.42 Å². The van der Waals surface area contributed by atoms with E-state index in [2.05, 4.69) is 10.0 Å². The lowest BCUT2D eigenvalue weighted by molar-refractivity contribution is -0.131. The van der Waals surface area contributed by atoms with Crippen LogP contribution in [0.5, 0.6) is 0 Å². The monoisotopic (exact) mass is 321 g/mol. The molecule has 1 aliphatic heterocycles. The van der Waals surface area contributed by atoms with Crippen LogP contribution < -0.4 is 0 Å². The van der Waals surface area contributed by atoms with Gasteiger partial charge in [-0.25, -0.2) is 9.69 Å². The molecule has 7 heteroatoms. The van der Waals surface area contributed by atoms with Gasteiger partial charge in [-0.3, -0.25) is 4.79 Å². The van der Waals surface area contributed by atoms with Crippen LogP contribution in [0, 0.1) is 5.92 Å². The zero-order chi connectivity index (χ0) is 20.8. The van der Waals surface area contributed by atoms with Crippen LogP contribution in [0.2, 0.25) is 0 Å². The van der Waals surface area contributed by atoms with Crippen molar-refractivity contribution in [3.63, 3.8) is 0 Å². The molecule has 1 saturated heterocycles. The highest BCUT2D eigenvalue weighted by Gasteiger charge is 2.41. The number of hydrogen-bond acceptors (Lipinski definition) is 4. The standard InChI is InChI=1S/C16H20N4O3/c1-3-11(2)14(18-19-17)15(21)20-13(10-23-16(20)22)9-12-7-5-4-6-8-12/h4-8,11,13-14H,3,9-10H2,1-2H3/t11-,13+,14-/m0/s1/i1D2,2D2,3D/t3-,11+,13-,14+/m1. The average molecular weight is 321 g/mol. The van der Waals surface area contributed by atoms with Gasteiger partial charge in [-0.1, -0.05) is 55.6 Å². The van der Waals surface area contributed by atoms with Crippen LogP contribution in [-0.4, -0.2) is 35.6 Å². The maximum atomic E-state index is 13.0. The van der Waals surface area contributed by atoms with Gasteiger partial charge in [-0.05, 0) is 23.4 Å². The zero-order valence-corrected chi connectivity index (χ0v) is 12.3. The Morgan fingerprint density at radius 1 is 1.61 bits per heavy atom. The van der Waals surface area contributed by atoms with Crippen molar-refractivity contribution < 1.29 is 21.2 Å². The van der Waals surface area contributed by atoms with E-state index in [4.69, 9.17) is 17.1 Å². The Morgan fingerprint density at radius 2 is 2.39 bits per heavy atom. The van der Waals surface area contributed by atoms with E-state index in [0.717, 1.165) is 10.5 Å². The number of rotatable bonds is 6. The molecule has 2 amide bonds. The Bertz CT molecular complexity index is 745. The fraction of sp³-hybridized carbons (Fsp3) is 0.500. The fourth-order valence-electron chi connectivity index (χ4n) is 2.36. The number of nitrogens with zero attached hydrogens (tertiary/aromatic N) is 4. The normalized spacial score (nSPS) is 24.4. The first-order valence-corrected chi connectivity index (χ1v) is 6.97. The molecule has 0 N–H and O–H groups in total. The SMILES string of the molecule is [2H]C([2H])[C@H]([C@H](N=[N+]=[N-])C(=O)N1C(=O)OC[C@H]1Cc1ccccc1)[C@H]([2H])C([2H])[2H]. The molecule has 0 radical (unpaired) electrons.